The molecule has 176 valence electrons. The number of benzene rings is 2. The molecule has 0 atom stereocenters. The Hall–Kier alpha value is -3.93. The highest BCUT2D eigenvalue weighted by Gasteiger charge is 2.29. The minimum Gasteiger partial charge on any atom is -0.383 e. The van der Waals surface area contributed by atoms with Gasteiger partial charge >= 0.3 is 0 Å². The number of thiophene rings is 1. The Morgan fingerprint density at radius 1 is 1.17 bits per heavy atom. The van der Waals surface area contributed by atoms with Crippen molar-refractivity contribution in [2.75, 3.05) is 37.4 Å². The predicted octanol–water partition coefficient (Wildman–Crippen LogP) is 5.20. The van der Waals surface area contributed by atoms with Gasteiger partial charge in [0.05, 0.1) is 23.4 Å². The standard InChI is InChI=1S/C27H25N5O2S/c1-2-17-8-10-19(11-9-17)30-26-22(27(33)32-12-14-34-15-13-32)23-24(35-26)21(18-6-4-3-5-7-18)20(16-28)25(29)31-23/h3-11,30H,2,12-15H2,1H3,(H2,29,31). The van der Waals surface area contributed by atoms with Gasteiger partial charge in [0.25, 0.3) is 5.91 Å². The molecule has 7 nitrogen and oxygen atoms in total. The number of aryl methyl sites for hydroxylation is 1. The fourth-order valence-corrected chi connectivity index (χ4v) is 5.50. The largest absolute Gasteiger partial charge is 0.383 e. The third kappa shape index (κ3) is 4.32. The molecule has 0 saturated carbocycles. The van der Waals surface area contributed by atoms with Crippen LogP contribution in [0.5, 0.6) is 0 Å². The Bertz CT molecular complexity index is 1420. The number of fused-ring (bicyclic) bond motifs is 1. The number of nitrogen functional groups attached to an aromatic ring is 1. The maximum Gasteiger partial charge on any atom is 0.259 e. The minimum absolute atomic E-state index is 0.117. The van der Waals surface area contributed by atoms with Gasteiger partial charge in [0.1, 0.15) is 28.0 Å². The zero-order valence-corrected chi connectivity index (χ0v) is 20.2. The molecule has 0 bridgehead atoms. The SMILES string of the molecule is CCc1ccc(Nc2sc3c(-c4ccccc4)c(C#N)c(N)nc3c2C(=O)N2CCOCC2)cc1. The molecule has 2 aromatic heterocycles. The molecule has 35 heavy (non-hydrogen) atoms. The van der Waals surface area contributed by atoms with Gasteiger partial charge < -0.3 is 20.7 Å². The van der Waals surface area contributed by atoms with E-state index in [0.717, 1.165) is 22.4 Å². The second-order valence-corrected chi connectivity index (χ2v) is 9.31. The summed E-state index contributed by atoms with van der Waals surface area (Å²) in [6, 6.07) is 20.0. The van der Waals surface area contributed by atoms with Gasteiger partial charge in [-0.1, -0.05) is 49.4 Å². The Kier molecular flexibility index (Phi) is 6.36. The first-order valence-electron chi connectivity index (χ1n) is 11.5. The fourth-order valence-electron chi connectivity index (χ4n) is 4.28. The van der Waals surface area contributed by atoms with Gasteiger partial charge in [0, 0.05) is 24.3 Å². The quantitative estimate of drug-likeness (QED) is 0.405. The number of morpholine rings is 1. The fraction of sp³-hybridized carbons (Fsp3) is 0.222. The molecular weight excluding hydrogens is 458 g/mol. The topological polar surface area (TPSA) is 104 Å². The van der Waals surface area contributed by atoms with Crippen molar-refractivity contribution in [2.45, 2.75) is 13.3 Å². The van der Waals surface area contributed by atoms with Crippen molar-refractivity contribution in [2.24, 2.45) is 0 Å². The molecule has 8 heteroatoms. The highest BCUT2D eigenvalue weighted by molar-refractivity contribution is 7.24. The number of nitriles is 1. The van der Waals surface area contributed by atoms with Crippen molar-refractivity contribution < 1.29 is 9.53 Å². The number of carbonyl (C=O) groups excluding carboxylic acids is 1. The average molecular weight is 484 g/mol. The van der Waals surface area contributed by atoms with Gasteiger partial charge in [-0.05, 0) is 29.7 Å². The van der Waals surface area contributed by atoms with Crippen LogP contribution in [-0.2, 0) is 11.2 Å². The molecule has 5 rings (SSSR count). The van der Waals surface area contributed by atoms with Gasteiger partial charge in [-0.2, -0.15) is 5.26 Å². The van der Waals surface area contributed by atoms with E-state index in [1.54, 1.807) is 4.90 Å². The molecule has 0 unspecified atom stereocenters. The summed E-state index contributed by atoms with van der Waals surface area (Å²) in [6.07, 6.45) is 0.949. The summed E-state index contributed by atoms with van der Waals surface area (Å²) in [5.41, 5.74) is 11.2. The van der Waals surface area contributed by atoms with Crippen molar-refractivity contribution in [3.8, 4) is 17.2 Å². The number of aromatic nitrogens is 1. The van der Waals surface area contributed by atoms with Crippen LogP contribution in [0.4, 0.5) is 16.5 Å². The van der Waals surface area contributed by atoms with Crippen molar-refractivity contribution in [3.05, 3.63) is 71.3 Å². The zero-order valence-electron chi connectivity index (χ0n) is 19.4. The zero-order chi connectivity index (χ0) is 24.4. The van der Waals surface area contributed by atoms with Gasteiger partial charge in [0.2, 0.25) is 0 Å². The lowest BCUT2D eigenvalue weighted by Crippen LogP contribution is -2.40. The van der Waals surface area contributed by atoms with E-state index in [9.17, 15) is 10.1 Å². The summed E-state index contributed by atoms with van der Waals surface area (Å²) in [7, 11) is 0. The summed E-state index contributed by atoms with van der Waals surface area (Å²) in [4.78, 5) is 20.2. The Morgan fingerprint density at radius 2 is 1.89 bits per heavy atom. The minimum atomic E-state index is -0.122. The van der Waals surface area contributed by atoms with E-state index in [4.69, 9.17) is 10.5 Å². The van der Waals surface area contributed by atoms with Crippen LogP contribution in [0, 0.1) is 11.3 Å². The molecule has 4 aromatic rings. The van der Waals surface area contributed by atoms with Crippen LogP contribution in [0.25, 0.3) is 21.3 Å². The summed E-state index contributed by atoms with van der Waals surface area (Å²) in [5, 5.41) is 14.0. The first kappa shape index (κ1) is 22.8. The lowest BCUT2D eigenvalue weighted by molar-refractivity contribution is 0.0305. The van der Waals surface area contributed by atoms with Crippen molar-refractivity contribution >= 4 is 44.0 Å². The van der Waals surface area contributed by atoms with Crippen LogP contribution >= 0.6 is 11.3 Å². The molecule has 1 saturated heterocycles. The van der Waals surface area contributed by atoms with Gasteiger partial charge in [-0.25, -0.2) is 4.98 Å². The third-order valence-electron chi connectivity index (χ3n) is 6.16. The normalized spacial score (nSPS) is 13.5. The molecule has 2 aromatic carbocycles. The molecule has 0 aliphatic carbocycles. The van der Waals surface area contributed by atoms with Crippen LogP contribution < -0.4 is 11.1 Å². The van der Waals surface area contributed by atoms with E-state index >= 15 is 0 Å². The maximum atomic E-state index is 13.8. The number of carbonyl (C=O) groups is 1. The summed E-state index contributed by atoms with van der Waals surface area (Å²) in [5.74, 6) is -0.00521. The molecule has 1 amide bonds. The number of hydrogen-bond donors (Lipinski definition) is 2. The molecule has 0 spiro atoms. The number of rotatable bonds is 5. The number of ether oxygens (including phenoxy) is 1. The lowest BCUT2D eigenvalue weighted by Gasteiger charge is -2.27. The molecule has 0 radical (unpaired) electrons. The number of hydrogen-bond acceptors (Lipinski definition) is 7. The number of anilines is 3. The summed E-state index contributed by atoms with van der Waals surface area (Å²) >= 11 is 1.42. The van der Waals surface area contributed by atoms with E-state index in [0.29, 0.717) is 53.5 Å². The maximum absolute atomic E-state index is 13.8. The van der Waals surface area contributed by atoms with Crippen LogP contribution in [0.2, 0.25) is 0 Å². The predicted molar refractivity (Wildman–Crippen MR) is 140 cm³/mol. The van der Waals surface area contributed by atoms with Crippen molar-refractivity contribution in [1.82, 2.24) is 9.88 Å². The van der Waals surface area contributed by atoms with E-state index in [1.807, 2.05) is 42.5 Å². The summed E-state index contributed by atoms with van der Waals surface area (Å²) in [6.45, 7) is 4.13. The number of pyridine rings is 1. The second kappa shape index (κ2) is 9.74. The highest BCUT2D eigenvalue weighted by atomic mass is 32.1. The van der Waals surface area contributed by atoms with Crippen LogP contribution in [0.15, 0.2) is 54.6 Å². The monoisotopic (exact) mass is 483 g/mol. The van der Waals surface area contributed by atoms with Gasteiger partial charge in [0.15, 0.2) is 0 Å². The van der Waals surface area contributed by atoms with Crippen LogP contribution in [0.3, 0.4) is 0 Å². The molecular formula is C27H25N5O2S. The van der Waals surface area contributed by atoms with E-state index in [1.165, 1.54) is 16.9 Å². The average Bonchev–Trinajstić information content (AvgIpc) is 3.25. The number of amides is 1. The lowest BCUT2D eigenvalue weighted by atomic mass is 10.00. The van der Waals surface area contributed by atoms with Crippen LogP contribution in [-0.4, -0.2) is 42.1 Å². The highest BCUT2D eigenvalue weighted by Crippen LogP contribution is 2.44. The third-order valence-corrected chi connectivity index (χ3v) is 7.27. The number of nitrogens with zero attached hydrogens (tertiary/aromatic N) is 3. The molecule has 3 N–H and O–H groups in total. The molecule has 3 heterocycles. The van der Waals surface area contributed by atoms with E-state index < -0.39 is 0 Å². The second-order valence-electron chi connectivity index (χ2n) is 8.29. The Balaban J connectivity index is 1.73. The first-order chi connectivity index (χ1) is 17.1. The van der Waals surface area contributed by atoms with E-state index in [2.05, 4.69) is 35.4 Å². The molecule has 1 fully saturated rings. The van der Waals surface area contributed by atoms with Gasteiger partial charge in [-0.3, -0.25) is 4.79 Å². The van der Waals surface area contributed by atoms with Crippen molar-refractivity contribution in [1.29, 1.82) is 5.26 Å². The number of nitrogens with two attached hydrogens (primary N) is 1. The number of nitrogens with one attached hydrogen (secondary N) is 1. The van der Waals surface area contributed by atoms with Gasteiger partial charge in [-0.15, -0.1) is 11.3 Å². The molecule has 1 aliphatic heterocycles. The van der Waals surface area contributed by atoms with E-state index in [-0.39, 0.29) is 11.7 Å². The van der Waals surface area contributed by atoms with Crippen molar-refractivity contribution in [3.63, 3.8) is 0 Å². The summed E-state index contributed by atoms with van der Waals surface area (Å²) < 4.78 is 6.21. The molecule has 1 aliphatic rings. The first-order valence-corrected chi connectivity index (χ1v) is 12.4. The smallest absolute Gasteiger partial charge is 0.259 e. The Labute approximate surface area is 207 Å². The van der Waals surface area contributed by atoms with Crippen LogP contribution in [0.1, 0.15) is 28.4 Å². The Morgan fingerprint density at radius 3 is 2.54 bits per heavy atom.